The number of nitrogens with zero attached hydrogens (tertiary/aromatic N) is 4. The summed E-state index contributed by atoms with van der Waals surface area (Å²) in [4.78, 5) is 17.3. The number of benzene rings is 1. The number of sulfonamides is 1. The summed E-state index contributed by atoms with van der Waals surface area (Å²) >= 11 is 1.10. The van der Waals surface area contributed by atoms with Gasteiger partial charge < -0.3 is 4.74 Å². The third kappa shape index (κ3) is 5.71. The zero-order valence-electron chi connectivity index (χ0n) is 18.5. The lowest BCUT2D eigenvalue weighted by atomic mass is 10.0. The number of methoxy groups -OCH3 is 1. The normalized spacial score (nSPS) is 12.3. The van der Waals surface area contributed by atoms with E-state index in [1.807, 2.05) is 6.07 Å². The van der Waals surface area contributed by atoms with Crippen LogP contribution in [0.4, 0.5) is 0 Å². The molecule has 0 aliphatic carbocycles. The molecule has 35 heavy (non-hydrogen) atoms. The van der Waals surface area contributed by atoms with Gasteiger partial charge in [-0.15, -0.1) is 16.4 Å². The monoisotopic (exact) mass is 514 g/mol. The van der Waals surface area contributed by atoms with Crippen LogP contribution in [0.3, 0.4) is 0 Å². The van der Waals surface area contributed by atoms with E-state index in [2.05, 4.69) is 20.0 Å². The van der Waals surface area contributed by atoms with E-state index in [9.17, 15) is 18.4 Å². The summed E-state index contributed by atoms with van der Waals surface area (Å²) in [5, 5.41) is 17.2. The molecule has 0 saturated heterocycles. The molecule has 0 aliphatic heterocycles. The second kappa shape index (κ2) is 10.7. The first kappa shape index (κ1) is 24.5. The Morgan fingerprint density at radius 3 is 2.71 bits per heavy atom. The molecule has 4 rings (SSSR count). The number of amides is 1. The van der Waals surface area contributed by atoms with Crippen LogP contribution >= 0.6 is 11.3 Å². The Bertz CT molecular complexity index is 1400. The van der Waals surface area contributed by atoms with Gasteiger partial charge in [-0.3, -0.25) is 15.0 Å². The first-order valence-corrected chi connectivity index (χ1v) is 12.7. The quantitative estimate of drug-likeness (QED) is 0.215. The fourth-order valence-electron chi connectivity index (χ4n) is 3.36. The maximum absolute atomic E-state index is 12.8. The van der Waals surface area contributed by atoms with E-state index >= 15 is 0 Å². The Morgan fingerprint density at radius 1 is 1.17 bits per heavy atom. The molecule has 1 atom stereocenters. The van der Waals surface area contributed by atoms with E-state index in [0.717, 1.165) is 21.8 Å². The molecule has 0 spiro atoms. The lowest BCUT2D eigenvalue weighted by Crippen LogP contribution is -2.32. The van der Waals surface area contributed by atoms with Crippen LogP contribution in [0.5, 0.6) is 5.75 Å². The molecule has 0 radical (unpaired) electrons. The number of ether oxygens (including phenoxy) is 1. The molecule has 11 nitrogen and oxygen atoms in total. The van der Waals surface area contributed by atoms with Crippen LogP contribution < -0.4 is 14.9 Å². The number of carbonyl (C=O) groups is 1. The van der Waals surface area contributed by atoms with Gasteiger partial charge in [0, 0.05) is 12.6 Å². The van der Waals surface area contributed by atoms with Crippen molar-refractivity contribution < 1.29 is 23.2 Å². The lowest BCUT2D eigenvalue weighted by molar-refractivity contribution is -0.133. The lowest BCUT2D eigenvalue weighted by Gasteiger charge is -2.16. The van der Waals surface area contributed by atoms with Gasteiger partial charge in [-0.05, 0) is 35.9 Å². The van der Waals surface area contributed by atoms with Crippen LogP contribution in [0, 0.1) is 0 Å². The van der Waals surface area contributed by atoms with Crippen LogP contribution in [0.25, 0.3) is 10.6 Å². The van der Waals surface area contributed by atoms with Crippen LogP contribution in [-0.2, 0) is 27.8 Å². The van der Waals surface area contributed by atoms with E-state index in [0.29, 0.717) is 17.1 Å². The van der Waals surface area contributed by atoms with Gasteiger partial charge >= 0.3 is 0 Å². The van der Waals surface area contributed by atoms with E-state index in [1.54, 1.807) is 54.1 Å². The smallest absolute Gasteiger partial charge is 0.268 e. The highest BCUT2D eigenvalue weighted by Gasteiger charge is 2.24. The summed E-state index contributed by atoms with van der Waals surface area (Å²) < 4.78 is 34.8. The highest BCUT2D eigenvalue weighted by Crippen LogP contribution is 2.29. The summed E-state index contributed by atoms with van der Waals surface area (Å²) in [6.45, 7) is -0.138. The second-order valence-corrected chi connectivity index (χ2v) is 10.4. The number of rotatable bonds is 10. The minimum Gasteiger partial charge on any atom is -0.496 e. The van der Waals surface area contributed by atoms with Crippen molar-refractivity contribution in [1.29, 1.82) is 0 Å². The first-order valence-electron chi connectivity index (χ1n) is 10.4. The van der Waals surface area contributed by atoms with Gasteiger partial charge in [0.2, 0.25) is 10.0 Å². The van der Waals surface area contributed by atoms with Crippen molar-refractivity contribution in [2.45, 2.75) is 23.2 Å². The molecule has 182 valence electrons. The molecule has 3 aromatic heterocycles. The van der Waals surface area contributed by atoms with Crippen LogP contribution in [0.2, 0.25) is 0 Å². The number of nitrogens with one attached hydrogen (secondary N) is 2. The summed E-state index contributed by atoms with van der Waals surface area (Å²) in [6.07, 6.45) is 3.25. The fraction of sp³-hybridized carbons (Fsp3) is 0.182. The van der Waals surface area contributed by atoms with Gasteiger partial charge in [0.25, 0.3) is 5.91 Å². The standard InChI is InChI=1S/C22H22N6O5S2/c1-33-19-8-3-2-6-15(19)12-18(22(29)26-30)28-14-16(25-27-28)13-24-35(31,32)21-10-9-20(34-21)17-7-4-5-11-23-17/h2-11,14,18,24,30H,12-13H2,1H3,(H,26,29). The van der Waals surface area contributed by atoms with E-state index in [-0.39, 0.29) is 17.2 Å². The van der Waals surface area contributed by atoms with Gasteiger partial charge in [0.15, 0.2) is 0 Å². The van der Waals surface area contributed by atoms with Crippen molar-refractivity contribution in [3.8, 4) is 16.3 Å². The number of hydrogen-bond acceptors (Lipinski definition) is 9. The van der Waals surface area contributed by atoms with Crippen molar-refractivity contribution in [2.75, 3.05) is 7.11 Å². The fourth-order valence-corrected chi connectivity index (χ4v) is 5.68. The van der Waals surface area contributed by atoms with Crippen LogP contribution in [0.15, 0.2) is 71.2 Å². The summed E-state index contributed by atoms with van der Waals surface area (Å²) in [5.41, 5.74) is 3.35. The Morgan fingerprint density at radius 2 is 1.97 bits per heavy atom. The van der Waals surface area contributed by atoms with Crippen LogP contribution in [0.1, 0.15) is 17.3 Å². The number of pyridine rings is 1. The summed E-state index contributed by atoms with van der Waals surface area (Å²) in [6, 6.07) is 14.9. The first-order chi connectivity index (χ1) is 16.9. The van der Waals surface area contributed by atoms with E-state index < -0.39 is 22.0 Å². The van der Waals surface area contributed by atoms with Crippen molar-refractivity contribution in [2.24, 2.45) is 0 Å². The number of carbonyl (C=O) groups excluding carboxylic acids is 1. The Hall–Kier alpha value is -3.65. The molecule has 1 unspecified atom stereocenters. The molecule has 1 aromatic carbocycles. The van der Waals surface area contributed by atoms with Crippen molar-refractivity contribution in [3.05, 3.63) is 78.2 Å². The Kier molecular flexibility index (Phi) is 7.51. The SMILES string of the molecule is COc1ccccc1CC(C(=O)NO)n1cc(CNS(=O)(=O)c2ccc(-c3ccccn3)s2)nn1. The second-order valence-electron chi connectivity index (χ2n) is 7.36. The molecule has 13 heteroatoms. The summed E-state index contributed by atoms with van der Waals surface area (Å²) in [7, 11) is -2.29. The highest BCUT2D eigenvalue weighted by atomic mass is 32.2. The van der Waals surface area contributed by atoms with E-state index in [4.69, 9.17) is 4.74 Å². The van der Waals surface area contributed by atoms with Crippen molar-refractivity contribution in [1.82, 2.24) is 30.2 Å². The number of aromatic nitrogens is 4. The third-order valence-corrected chi connectivity index (χ3v) is 8.10. The molecule has 0 aliphatic rings. The molecule has 3 N–H and O–H groups in total. The third-order valence-electron chi connectivity index (χ3n) is 5.10. The molecule has 0 fully saturated rings. The highest BCUT2D eigenvalue weighted by molar-refractivity contribution is 7.91. The zero-order valence-corrected chi connectivity index (χ0v) is 20.2. The molecule has 0 bridgehead atoms. The summed E-state index contributed by atoms with van der Waals surface area (Å²) in [5.74, 6) is -0.120. The maximum atomic E-state index is 12.8. The predicted octanol–water partition coefficient (Wildman–Crippen LogP) is 2.18. The molecule has 4 aromatic rings. The number of para-hydroxylation sites is 1. The van der Waals surface area contributed by atoms with Gasteiger partial charge in [0.05, 0.1) is 36.1 Å². The number of hydroxylamine groups is 1. The minimum atomic E-state index is -3.81. The molecule has 3 heterocycles. The average Bonchev–Trinajstić information content (AvgIpc) is 3.57. The van der Waals surface area contributed by atoms with Gasteiger partial charge in [-0.25, -0.2) is 23.3 Å². The predicted molar refractivity (Wildman–Crippen MR) is 127 cm³/mol. The molecular weight excluding hydrogens is 492 g/mol. The van der Waals surface area contributed by atoms with Gasteiger partial charge in [-0.1, -0.05) is 29.5 Å². The van der Waals surface area contributed by atoms with Crippen molar-refractivity contribution in [3.63, 3.8) is 0 Å². The number of hydrogen-bond donors (Lipinski definition) is 3. The minimum absolute atomic E-state index is 0.138. The van der Waals surface area contributed by atoms with Crippen molar-refractivity contribution >= 4 is 27.3 Å². The molecule has 1 amide bonds. The van der Waals surface area contributed by atoms with Crippen LogP contribution in [-0.4, -0.2) is 46.6 Å². The molecular formula is C22H22N6O5S2. The topological polar surface area (TPSA) is 148 Å². The van der Waals surface area contributed by atoms with Gasteiger partial charge in [0.1, 0.15) is 16.0 Å². The largest absolute Gasteiger partial charge is 0.496 e. The number of thiophene rings is 1. The zero-order chi connectivity index (χ0) is 24.8. The Labute approximate surface area is 205 Å². The maximum Gasteiger partial charge on any atom is 0.268 e. The molecule has 0 saturated carbocycles. The Balaban J connectivity index is 1.47. The van der Waals surface area contributed by atoms with Gasteiger partial charge in [-0.2, -0.15) is 0 Å². The average molecular weight is 515 g/mol. The van der Waals surface area contributed by atoms with E-state index in [1.165, 1.54) is 24.1 Å².